The molecule has 4 nitrogen and oxygen atoms in total. The Labute approximate surface area is 159 Å². The fourth-order valence-electron chi connectivity index (χ4n) is 3.20. The lowest BCUT2D eigenvalue weighted by molar-refractivity contribution is 0.112. The lowest BCUT2D eigenvalue weighted by atomic mass is 10.1. The monoisotopic (exact) mass is 360 g/mol. The molecule has 0 spiro atoms. The molecule has 0 saturated carbocycles. The number of aromatic nitrogens is 1. The van der Waals surface area contributed by atoms with Gasteiger partial charge >= 0.3 is 0 Å². The highest BCUT2D eigenvalue weighted by atomic mass is 16.1. The lowest BCUT2D eigenvalue weighted by Gasteiger charge is -2.15. The number of pyridine rings is 1. The Balaban J connectivity index is 1.74. The first kappa shape index (κ1) is 18.6. The zero-order chi connectivity index (χ0) is 19.1. The number of benzene rings is 2. The summed E-state index contributed by atoms with van der Waals surface area (Å²) in [5, 5.41) is 3.25. The lowest BCUT2D eigenvalue weighted by Crippen LogP contribution is -2.28. The first-order valence-electron chi connectivity index (χ1n) is 9.20. The van der Waals surface area contributed by atoms with Gasteiger partial charge in [0.05, 0.1) is 5.69 Å². The van der Waals surface area contributed by atoms with E-state index < -0.39 is 0 Å². The predicted molar refractivity (Wildman–Crippen MR) is 110 cm³/mol. The largest absolute Gasteiger partial charge is 0.384 e. The number of rotatable bonds is 8. The normalized spacial score (nSPS) is 10.6. The van der Waals surface area contributed by atoms with Crippen LogP contribution in [-0.2, 0) is 19.4 Å². The first-order valence-corrected chi connectivity index (χ1v) is 9.20. The molecule has 1 heterocycles. The molecule has 27 heavy (non-hydrogen) atoms. The van der Waals surface area contributed by atoms with Gasteiger partial charge in [0, 0.05) is 18.8 Å². The molecule has 0 bridgehead atoms. The molecule has 3 aromatic rings. The van der Waals surface area contributed by atoms with Crippen molar-refractivity contribution in [1.82, 2.24) is 4.57 Å². The number of hydrogen-bond acceptors (Lipinski definition) is 3. The summed E-state index contributed by atoms with van der Waals surface area (Å²) in [7, 11) is 0. The van der Waals surface area contributed by atoms with E-state index in [9.17, 15) is 9.59 Å². The van der Waals surface area contributed by atoms with Gasteiger partial charge in [-0.05, 0) is 37.0 Å². The molecule has 2 aromatic carbocycles. The summed E-state index contributed by atoms with van der Waals surface area (Å²) in [4.78, 5) is 24.4. The Bertz CT molecular complexity index is 947. The second-order valence-corrected chi connectivity index (χ2v) is 6.59. The molecule has 3 rings (SSSR count). The molecule has 0 aliphatic carbocycles. The Morgan fingerprint density at radius 3 is 2.11 bits per heavy atom. The van der Waals surface area contributed by atoms with Gasteiger partial charge in [0.1, 0.15) is 5.56 Å². The second kappa shape index (κ2) is 8.99. The van der Waals surface area contributed by atoms with Crippen LogP contribution in [-0.4, -0.2) is 17.4 Å². The number of carbonyl (C=O) groups excluding carboxylic acids is 1. The van der Waals surface area contributed by atoms with Gasteiger partial charge in [-0.25, -0.2) is 0 Å². The second-order valence-electron chi connectivity index (χ2n) is 6.59. The summed E-state index contributed by atoms with van der Waals surface area (Å²) in [6.45, 7) is 3.13. The van der Waals surface area contributed by atoms with Crippen LogP contribution in [0.1, 0.15) is 27.2 Å². The summed E-state index contributed by atoms with van der Waals surface area (Å²) in [5.74, 6) is 0. The Hall–Kier alpha value is -3.14. The number of carbonyl (C=O) groups is 1. The highest BCUT2D eigenvalue weighted by molar-refractivity contribution is 5.83. The molecular formula is C23H24N2O2. The van der Waals surface area contributed by atoms with Crippen LogP contribution in [0.5, 0.6) is 0 Å². The van der Waals surface area contributed by atoms with Crippen LogP contribution in [0.2, 0.25) is 0 Å². The molecule has 0 radical (unpaired) electrons. The molecule has 0 aliphatic rings. The highest BCUT2D eigenvalue weighted by Crippen LogP contribution is 2.14. The standard InChI is InChI=1S/C23H24N2O2/c1-18-16-22(24-14-12-19-8-4-2-5-9-19)21(17-26)23(27)25(18)15-13-20-10-6-3-7-11-20/h2-11,16-17,24H,12-15H2,1H3. The quantitative estimate of drug-likeness (QED) is 0.621. The van der Waals surface area contributed by atoms with Crippen LogP contribution < -0.4 is 10.9 Å². The van der Waals surface area contributed by atoms with Crippen LogP contribution in [0.25, 0.3) is 0 Å². The van der Waals surface area contributed by atoms with Gasteiger partial charge in [0.15, 0.2) is 6.29 Å². The summed E-state index contributed by atoms with van der Waals surface area (Å²) in [6, 6.07) is 22.0. The van der Waals surface area contributed by atoms with E-state index in [1.54, 1.807) is 4.57 Å². The summed E-state index contributed by atoms with van der Waals surface area (Å²) in [5.41, 5.74) is 3.81. The molecule has 0 atom stereocenters. The molecule has 0 amide bonds. The zero-order valence-electron chi connectivity index (χ0n) is 15.5. The van der Waals surface area contributed by atoms with Crippen molar-refractivity contribution in [2.45, 2.75) is 26.3 Å². The number of nitrogens with zero attached hydrogens (tertiary/aromatic N) is 1. The molecular weight excluding hydrogens is 336 g/mol. The average Bonchev–Trinajstić information content (AvgIpc) is 2.69. The van der Waals surface area contributed by atoms with Crippen LogP contribution in [0.3, 0.4) is 0 Å². The minimum absolute atomic E-state index is 0.196. The van der Waals surface area contributed by atoms with E-state index in [4.69, 9.17) is 0 Å². The van der Waals surface area contributed by atoms with Crippen molar-refractivity contribution in [2.75, 3.05) is 11.9 Å². The number of aldehydes is 1. The van der Waals surface area contributed by atoms with Gasteiger partial charge < -0.3 is 9.88 Å². The van der Waals surface area contributed by atoms with Crippen molar-refractivity contribution in [3.05, 3.63) is 99.5 Å². The Kier molecular flexibility index (Phi) is 6.21. The van der Waals surface area contributed by atoms with Gasteiger partial charge in [0.25, 0.3) is 5.56 Å². The van der Waals surface area contributed by atoms with E-state index in [0.717, 1.165) is 18.5 Å². The molecule has 0 saturated heterocycles. The van der Waals surface area contributed by atoms with Crippen molar-refractivity contribution < 1.29 is 4.79 Å². The van der Waals surface area contributed by atoms with Crippen LogP contribution in [0, 0.1) is 6.92 Å². The maximum absolute atomic E-state index is 12.8. The van der Waals surface area contributed by atoms with Gasteiger partial charge in [-0.15, -0.1) is 0 Å². The van der Waals surface area contributed by atoms with Crippen molar-refractivity contribution in [2.24, 2.45) is 0 Å². The van der Waals surface area contributed by atoms with E-state index >= 15 is 0 Å². The molecule has 0 fully saturated rings. The fourth-order valence-corrected chi connectivity index (χ4v) is 3.20. The van der Waals surface area contributed by atoms with Gasteiger partial charge in [-0.3, -0.25) is 9.59 Å². The van der Waals surface area contributed by atoms with E-state index in [1.165, 1.54) is 11.1 Å². The summed E-state index contributed by atoms with van der Waals surface area (Å²) >= 11 is 0. The van der Waals surface area contributed by atoms with E-state index in [0.29, 0.717) is 25.1 Å². The molecule has 1 N–H and O–H groups in total. The Morgan fingerprint density at radius 2 is 1.52 bits per heavy atom. The fraction of sp³-hybridized carbons (Fsp3) is 0.217. The number of nitrogens with one attached hydrogen (secondary N) is 1. The molecule has 0 unspecified atom stereocenters. The number of anilines is 1. The zero-order valence-corrected chi connectivity index (χ0v) is 15.5. The van der Waals surface area contributed by atoms with Crippen molar-refractivity contribution in [1.29, 1.82) is 0 Å². The molecule has 4 heteroatoms. The SMILES string of the molecule is Cc1cc(NCCc2ccccc2)c(C=O)c(=O)n1CCc1ccccc1. The molecule has 1 aromatic heterocycles. The van der Waals surface area contributed by atoms with Gasteiger partial charge in [-0.1, -0.05) is 60.7 Å². The van der Waals surface area contributed by atoms with E-state index in [1.807, 2.05) is 61.5 Å². The van der Waals surface area contributed by atoms with Gasteiger partial charge in [0.2, 0.25) is 0 Å². The third kappa shape index (κ3) is 4.73. The number of aryl methyl sites for hydroxylation is 2. The molecule has 138 valence electrons. The van der Waals surface area contributed by atoms with E-state index in [2.05, 4.69) is 17.4 Å². The third-order valence-corrected chi connectivity index (χ3v) is 4.70. The van der Waals surface area contributed by atoms with Crippen LogP contribution >= 0.6 is 0 Å². The summed E-state index contributed by atoms with van der Waals surface area (Å²) < 4.78 is 1.68. The minimum Gasteiger partial charge on any atom is -0.384 e. The maximum Gasteiger partial charge on any atom is 0.263 e. The minimum atomic E-state index is -0.233. The first-order chi connectivity index (χ1) is 13.2. The van der Waals surface area contributed by atoms with Crippen molar-refractivity contribution in [3.8, 4) is 0 Å². The summed E-state index contributed by atoms with van der Waals surface area (Å²) in [6.07, 6.45) is 2.24. The average molecular weight is 360 g/mol. The van der Waals surface area contributed by atoms with Crippen molar-refractivity contribution >= 4 is 12.0 Å². The third-order valence-electron chi connectivity index (χ3n) is 4.70. The maximum atomic E-state index is 12.8. The van der Waals surface area contributed by atoms with Crippen LogP contribution in [0.15, 0.2) is 71.5 Å². The van der Waals surface area contributed by atoms with Gasteiger partial charge in [-0.2, -0.15) is 0 Å². The van der Waals surface area contributed by atoms with Crippen LogP contribution in [0.4, 0.5) is 5.69 Å². The molecule has 0 aliphatic heterocycles. The predicted octanol–water partition coefficient (Wildman–Crippen LogP) is 3.87. The Morgan fingerprint density at radius 1 is 0.926 bits per heavy atom. The topological polar surface area (TPSA) is 51.1 Å². The highest BCUT2D eigenvalue weighted by Gasteiger charge is 2.12. The van der Waals surface area contributed by atoms with Crippen molar-refractivity contribution in [3.63, 3.8) is 0 Å². The van der Waals surface area contributed by atoms with E-state index in [-0.39, 0.29) is 11.1 Å². The number of hydrogen-bond donors (Lipinski definition) is 1. The smallest absolute Gasteiger partial charge is 0.263 e.